The van der Waals surface area contributed by atoms with Crippen molar-refractivity contribution in [3.8, 4) is 5.75 Å². The zero-order valence-corrected chi connectivity index (χ0v) is 8.83. The number of non-ortho nitro benzene ring substituents is 1. The van der Waals surface area contributed by atoms with Crippen molar-refractivity contribution in [2.75, 3.05) is 24.7 Å². The van der Waals surface area contributed by atoms with E-state index in [1.54, 1.807) is 0 Å². The molecule has 0 unspecified atom stereocenters. The fraction of sp³-hybridized carbons (Fsp3) is 0.300. The van der Waals surface area contributed by atoms with Gasteiger partial charge in [0.2, 0.25) is 0 Å². The number of nitro groups is 1. The summed E-state index contributed by atoms with van der Waals surface area (Å²) < 4.78 is 5.15. The third-order valence-electron chi connectivity index (χ3n) is 2.42. The van der Waals surface area contributed by atoms with Gasteiger partial charge in [0.25, 0.3) is 11.6 Å². The number of fused-ring (bicyclic) bond motifs is 1. The summed E-state index contributed by atoms with van der Waals surface area (Å²) in [4.78, 5) is 22.9. The van der Waals surface area contributed by atoms with E-state index in [2.05, 4.69) is 0 Å². The van der Waals surface area contributed by atoms with E-state index in [-0.39, 0.29) is 31.4 Å². The molecule has 0 aliphatic carbocycles. The summed E-state index contributed by atoms with van der Waals surface area (Å²) >= 11 is 0. The van der Waals surface area contributed by atoms with Crippen LogP contribution in [0.3, 0.4) is 0 Å². The molecule has 1 aliphatic rings. The summed E-state index contributed by atoms with van der Waals surface area (Å²) in [5, 5.41) is 19.5. The molecule has 1 aliphatic heterocycles. The lowest BCUT2D eigenvalue weighted by molar-refractivity contribution is -0.384. The molecule has 1 aromatic carbocycles. The maximum atomic E-state index is 11.5. The van der Waals surface area contributed by atoms with Gasteiger partial charge < -0.3 is 14.7 Å². The van der Waals surface area contributed by atoms with Crippen molar-refractivity contribution in [2.45, 2.75) is 0 Å². The molecule has 0 saturated heterocycles. The van der Waals surface area contributed by atoms with Crippen LogP contribution < -0.4 is 9.64 Å². The minimum Gasteiger partial charge on any atom is -0.482 e. The van der Waals surface area contributed by atoms with E-state index in [1.807, 2.05) is 0 Å². The van der Waals surface area contributed by atoms with E-state index in [0.717, 1.165) is 0 Å². The number of aliphatic hydroxyl groups is 1. The maximum absolute atomic E-state index is 11.5. The lowest BCUT2D eigenvalue weighted by atomic mass is 10.2. The molecule has 0 aromatic heterocycles. The minimum atomic E-state index is -0.545. The summed E-state index contributed by atoms with van der Waals surface area (Å²) in [6.07, 6.45) is 0. The number of benzene rings is 1. The Labute approximate surface area is 96.4 Å². The van der Waals surface area contributed by atoms with Crippen LogP contribution >= 0.6 is 0 Å². The highest BCUT2D eigenvalue weighted by Gasteiger charge is 2.26. The van der Waals surface area contributed by atoms with Gasteiger partial charge in [-0.3, -0.25) is 14.9 Å². The Balaban J connectivity index is 2.44. The number of carbonyl (C=O) groups is 1. The van der Waals surface area contributed by atoms with E-state index in [4.69, 9.17) is 9.84 Å². The molecule has 0 bridgehead atoms. The van der Waals surface area contributed by atoms with E-state index in [9.17, 15) is 14.9 Å². The molecule has 1 amide bonds. The third-order valence-corrected chi connectivity index (χ3v) is 2.42. The van der Waals surface area contributed by atoms with Crippen LogP contribution in [0, 0.1) is 10.1 Å². The first-order valence-corrected chi connectivity index (χ1v) is 4.96. The number of β-amino-alcohol motifs (C(OH)–C–C–N with tert-alkyl or cyclic N) is 1. The minimum absolute atomic E-state index is 0.0936. The number of carbonyl (C=O) groups excluding carboxylic acids is 1. The van der Waals surface area contributed by atoms with Gasteiger partial charge in [0.15, 0.2) is 6.61 Å². The van der Waals surface area contributed by atoms with Crippen molar-refractivity contribution in [3.05, 3.63) is 28.3 Å². The Kier molecular flexibility index (Phi) is 2.92. The number of amides is 1. The van der Waals surface area contributed by atoms with Crippen LogP contribution in [0.2, 0.25) is 0 Å². The second-order valence-electron chi connectivity index (χ2n) is 3.47. The Morgan fingerprint density at radius 1 is 1.53 bits per heavy atom. The zero-order chi connectivity index (χ0) is 12.4. The van der Waals surface area contributed by atoms with Crippen molar-refractivity contribution >= 4 is 17.3 Å². The molecular weight excluding hydrogens is 228 g/mol. The smallest absolute Gasteiger partial charge is 0.271 e. The van der Waals surface area contributed by atoms with Crippen molar-refractivity contribution in [1.29, 1.82) is 0 Å². The number of anilines is 1. The standard InChI is InChI=1S/C10H10N2O5/c13-4-3-11-8-5-7(12(15)16)1-2-9(8)17-6-10(11)14/h1-2,5,13H,3-4,6H2. The van der Waals surface area contributed by atoms with Crippen LogP contribution in [0.1, 0.15) is 0 Å². The Morgan fingerprint density at radius 3 is 2.94 bits per heavy atom. The van der Waals surface area contributed by atoms with Gasteiger partial charge in [0.05, 0.1) is 17.2 Å². The number of hydrogen-bond donors (Lipinski definition) is 1. The van der Waals surface area contributed by atoms with Gasteiger partial charge in [-0.2, -0.15) is 0 Å². The lowest BCUT2D eigenvalue weighted by Gasteiger charge is -2.28. The molecule has 0 spiro atoms. The molecule has 0 saturated carbocycles. The van der Waals surface area contributed by atoms with E-state index >= 15 is 0 Å². The second kappa shape index (κ2) is 4.38. The number of ether oxygens (including phenoxy) is 1. The molecular formula is C10H10N2O5. The molecule has 0 radical (unpaired) electrons. The highest BCUT2D eigenvalue weighted by Crippen LogP contribution is 2.34. The molecule has 7 nitrogen and oxygen atoms in total. The number of aliphatic hydroxyl groups excluding tert-OH is 1. The zero-order valence-electron chi connectivity index (χ0n) is 8.83. The van der Waals surface area contributed by atoms with Gasteiger partial charge in [-0.05, 0) is 6.07 Å². The summed E-state index contributed by atoms with van der Waals surface area (Å²) in [5.74, 6) is 0.0793. The van der Waals surface area contributed by atoms with E-state index in [0.29, 0.717) is 11.4 Å². The fourth-order valence-electron chi connectivity index (χ4n) is 1.65. The van der Waals surface area contributed by atoms with Crippen molar-refractivity contribution in [3.63, 3.8) is 0 Å². The fourth-order valence-corrected chi connectivity index (χ4v) is 1.65. The number of nitrogens with zero attached hydrogens (tertiary/aromatic N) is 2. The molecule has 90 valence electrons. The Morgan fingerprint density at radius 2 is 2.29 bits per heavy atom. The van der Waals surface area contributed by atoms with Crippen LogP contribution in [0.15, 0.2) is 18.2 Å². The predicted molar refractivity (Wildman–Crippen MR) is 58.0 cm³/mol. The summed E-state index contributed by atoms with van der Waals surface area (Å²) in [5.41, 5.74) is 0.203. The second-order valence-corrected chi connectivity index (χ2v) is 3.47. The van der Waals surface area contributed by atoms with Crippen molar-refractivity contribution < 1.29 is 19.6 Å². The number of hydrogen-bond acceptors (Lipinski definition) is 5. The van der Waals surface area contributed by atoms with Gasteiger partial charge in [-0.1, -0.05) is 0 Å². The number of rotatable bonds is 3. The van der Waals surface area contributed by atoms with Gasteiger partial charge in [0.1, 0.15) is 5.75 Å². The summed E-state index contributed by atoms with van der Waals surface area (Å²) in [6, 6.07) is 4.03. The lowest BCUT2D eigenvalue weighted by Crippen LogP contribution is -2.40. The molecule has 1 N–H and O–H groups in total. The van der Waals surface area contributed by atoms with Crippen LogP contribution in [0.5, 0.6) is 5.75 Å². The monoisotopic (exact) mass is 238 g/mol. The first-order chi connectivity index (χ1) is 8.13. The topological polar surface area (TPSA) is 92.9 Å². The summed E-state index contributed by atoms with van der Waals surface area (Å²) in [7, 11) is 0. The predicted octanol–water partition coefficient (Wildman–Crippen LogP) is 0.312. The highest BCUT2D eigenvalue weighted by atomic mass is 16.6. The Hall–Kier alpha value is -2.15. The van der Waals surface area contributed by atoms with Crippen LogP contribution in [0.4, 0.5) is 11.4 Å². The van der Waals surface area contributed by atoms with Crippen LogP contribution in [0.25, 0.3) is 0 Å². The van der Waals surface area contributed by atoms with E-state index < -0.39 is 4.92 Å². The molecule has 7 heteroatoms. The van der Waals surface area contributed by atoms with Crippen molar-refractivity contribution in [1.82, 2.24) is 0 Å². The van der Waals surface area contributed by atoms with Crippen LogP contribution in [-0.2, 0) is 4.79 Å². The SMILES string of the molecule is O=C1COc2ccc([N+](=O)[O-])cc2N1CCO. The highest BCUT2D eigenvalue weighted by molar-refractivity contribution is 5.98. The quantitative estimate of drug-likeness (QED) is 0.604. The first-order valence-electron chi connectivity index (χ1n) is 4.96. The van der Waals surface area contributed by atoms with Gasteiger partial charge in [-0.15, -0.1) is 0 Å². The molecule has 1 heterocycles. The van der Waals surface area contributed by atoms with Gasteiger partial charge in [-0.25, -0.2) is 0 Å². The summed E-state index contributed by atoms with van der Waals surface area (Å²) in [6.45, 7) is -0.241. The van der Waals surface area contributed by atoms with E-state index in [1.165, 1.54) is 23.1 Å². The van der Waals surface area contributed by atoms with Crippen molar-refractivity contribution in [2.24, 2.45) is 0 Å². The largest absolute Gasteiger partial charge is 0.482 e. The van der Waals surface area contributed by atoms with Crippen LogP contribution in [-0.4, -0.2) is 35.7 Å². The molecule has 0 fully saturated rings. The van der Waals surface area contributed by atoms with Gasteiger partial charge >= 0.3 is 0 Å². The third kappa shape index (κ3) is 2.04. The number of nitro benzene ring substituents is 1. The molecule has 17 heavy (non-hydrogen) atoms. The normalized spacial score (nSPS) is 14.2. The van der Waals surface area contributed by atoms with Gasteiger partial charge in [0, 0.05) is 18.7 Å². The Bertz CT molecular complexity index is 474. The molecule has 1 aromatic rings. The maximum Gasteiger partial charge on any atom is 0.271 e. The molecule has 0 atom stereocenters. The average Bonchev–Trinajstić information content (AvgIpc) is 2.32. The first kappa shape index (κ1) is 11.3. The molecule has 2 rings (SSSR count). The average molecular weight is 238 g/mol.